The fraction of sp³-hybridized carbons (Fsp3) is 0.438. The Bertz CT molecular complexity index is 743. The summed E-state index contributed by atoms with van der Waals surface area (Å²) in [6.45, 7) is 4.58. The van der Waals surface area contributed by atoms with Crippen LogP contribution in [0.5, 0.6) is 0 Å². The lowest BCUT2D eigenvalue weighted by Crippen LogP contribution is -2.37. The van der Waals surface area contributed by atoms with E-state index >= 15 is 0 Å². The Morgan fingerprint density at radius 2 is 2.04 bits per heavy atom. The molecule has 1 N–H and O–H groups in total. The number of hydrogen-bond acceptors (Lipinski definition) is 6. The Morgan fingerprint density at radius 1 is 1.21 bits per heavy atom. The number of amides is 2. The highest BCUT2D eigenvalue weighted by atomic mass is 32.1. The number of rotatable bonds is 3. The van der Waals surface area contributed by atoms with Gasteiger partial charge in [-0.15, -0.1) is 0 Å². The quantitative estimate of drug-likeness (QED) is 0.922. The number of aromatic nitrogens is 3. The molecule has 1 atom stereocenters. The first kappa shape index (κ1) is 16.5. The first-order valence-corrected chi connectivity index (χ1v) is 8.66. The third-order valence-electron chi connectivity index (χ3n) is 4.00. The third kappa shape index (κ3) is 3.76. The van der Waals surface area contributed by atoms with E-state index in [2.05, 4.69) is 20.3 Å². The maximum absolute atomic E-state index is 11.5. The van der Waals surface area contributed by atoms with Crippen molar-refractivity contribution in [1.82, 2.24) is 19.9 Å². The van der Waals surface area contributed by atoms with Crippen molar-refractivity contribution in [2.75, 3.05) is 18.4 Å². The summed E-state index contributed by atoms with van der Waals surface area (Å²) in [5.74, 6) is 0.199. The SMILES string of the molecule is CC(=O)Nc1ncc(-c2cnc(C3CCCN(C(C)=O)C3)cn2)s1. The molecule has 1 aliphatic heterocycles. The molecule has 0 aromatic carbocycles. The van der Waals surface area contributed by atoms with E-state index in [-0.39, 0.29) is 17.7 Å². The summed E-state index contributed by atoms with van der Waals surface area (Å²) >= 11 is 1.36. The van der Waals surface area contributed by atoms with Gasteiger partial charge >= 0.3 is 0 Å². The maximum atomic E-state index is 11.5. The predicted octanol–water partition coefficient (Wildman–Crippen LogP) is 2.28. The largest absolute Gasteiger partial charge is 0.342 e. The first-order valence-electron chi connectivity index (χ1n) is 7.84. The molecule has 3 heterocycles. The van der Waals surface area contributed by atoms with Gasteiger partial charge in [0.15, 0.2) is 5.13 Å². The summed E-state index contributed by atoms with van der Waals surface area (Å²) in [4.78, 5) is 38.5. The molecule has 2 aromatic heterocycles. The molecule has 126 valence electrons. The van der Waals surface area contributed by atoms with Gasteiger partial charge < -0.3 is 10.2 Å². The number of piperidine rings is 1. The number of anilines is 1. The molecule has 1 fully saturated rings. The minimum Gasteiger partial charge on any atom is -0.342 e. The van der Waals surface area contributed by atoms with Gasteiger partial charge in [-0.1, -0.05) is 11.3 Å². The Kier molecular flexibility index (Phi) is 4.84. The molecule has 7 nitrogen and oxygen atoms in total. The smallest absolute Gasteiger partial charge is 0.223 e. The van der Waals surface area contributed by atoms with Crippen LogP contribution < -0.4 is 5.32 Å². The van der Waals surface area contributed by atoms with E-state index in [9.17, 15) is 9.59 Å². The second-order valence-corrected chi connectivity index (χ2v) is 6.87. The van der Waals surface area contributed by atoms with Crippen LogP contribution in [-0.2, 0) is 9.59 Å². The van der Waals surface area contributed by atoms with Gasteiger partial charge in [0.25, 0.3) is 0 Å². The highest BCUT2D eigenvalue weighted by Crippen LogP contribution is 2.29. The molecule has 0 saturated carbocycles. The van der Waals surface area contributed by atoms with E-state index in [1.807, 2.05) is 4.90 Å². The van der Waals surface area contributed by atoms with Gasteiger partial charge in [-0.2, -0.15) is 0 Å². The molecule has 1 aliphatic rings. The number of likely N-dealkylation sites (tertiary alicyclic amines) is 1. The van der Waals surface area contributed by atoms with Crippen molar-refractivity contribution in [3.05, 3.63) is 24.3 Å². The number of nitrogens with one attached hydrogen (secondary N) is 1. The zero-order chi connectivity index (χ0) is 17.1. The second kappa shape index (κ2) is 7.04. The van der Waals surface area contributed by atoms with E-state index in [0.29, 0.717) is 11.7 Å². The van der Waals surface area contributed by atoms with Crippen molar-refractivity contribution < 1.29 is 9.59 Å². The van der Waals surface area contributed by atoms with Crippen LogP contribution in [0.3, 0.4) is 0 Å². The average molecular weight is 345 g/mol. The normalized spacial score (nSPS) is 17.6. The van der Waals surface area contributed by atoms with Crippen molar-refractivity contribution >= 4 is 28.3 Å². The summed E-state index contributed by atoms with van der Waals surface area (Å²) in [5.41, 5.74) is 1.64. The van der Waals surface area contributed by atoms with Crippen LogP contribution in [-0.4, -0.2) is 44.8 Å². The lowest BCUT2D eigenvalue weighted by atomic mass is 9.95. The lowest BCUT2D eigenvalue weighted by Gasteiger charge is -2.31. The number of carbonyl (C=O) groups is 2. The topological polar surface area (TPSA) is 88.1 Å². The fourth-order valence-electron chi connectivity index (χ4n) is 2.78. The van der Waals surface area contributed by atoms with Crippen LogP contribution in [0.4, 0.5) is 5.13 Å². The maximum Gasteiger partial charge on any atom is 0.223 e. The van der Waals surface area contributed by atoms with Crippen LogP contribution >= 0.6 is 11.3 Å². The lowest BCUT2D eigenvalue weighted by molar-refractivity contribution is -0.130. The standard InChI is InChI=1S/C16H19N5O2S/c1-10(22)20-16-19-8-15(24-16)14-7-17-13(6-18-14)12-4-3-5-21(9-12)11(2)23/h6-8,12H,3-5,9H2,1-2H3,(H,19,20,22). The minimum atomic E-state index is -0.148. The average Bonchev–Trinajstić information content (AvgIpc) is 3.03. The molecule has 24 heavy (non-hydrogen) atoms. The molecule has 2 aromatic rings. The van der Waals surface area contributed by atoms with Crippen molar-refractivity contribution in [3.8, 4) is 10.6 Å². The molecule has 2 amide bonds. The van der Waals surface area contributed by atoms with Gasteiger partial charge in [0.2, 0.25) is 11.8 Å². The second-order valence-electron chi connectivity index (χ2n) is 5.84. The Balaban J connectivity index is 1.72. The van der Waals surface area contributed by atoms with Crippen LogP contribution in [0.1, 0.15) is 38.3 Å². The Hall–Kier alpha value is -2.35. The van der Waals surface area contributed by atoms with Crippen LogP contribution in [0, 0.1) is 0 Å². The van der Waals surface area contributed by atoms with Crippen LogP contribution in [0.25, 0.3) is 10.6 Å². The van der Waals surface area contributed by atoms with Gasteiger partial charge in [0.1, 0.15) is 5.69 Å². The number of carbonyl (C=O) groups excluding carboxylic acids is 2. The monoisotopic (exact) mass is 345 g/mol. The van der Waals surface area contributed by atoms with Crippen molar-refractivity contribution in [2.24, 2.45) is 0 Å². The molecular weight excluding hydrogens is 326 g/mol. The zero-order valence-corrected chi connectivity index (χ0v) is 14.5. The molecule has 0 radical (unpaired) electrons. The number of hydrogen-bond donors (Lipinski definition) is 1. The minimum absolute atomic E-state index is 0.111. The van der Waals surface area contributed by atoms with Crippen LogP contribution in [0.2, 0.25) is 0 Å². The summed E-state index contributed by atoms with van der Waals surface area (Å²) in [6, 6.07) is 0. The van der Waals surface area contributed by atoms with E-state index in [1.54, 1.807) is 25.5 Å². The molecule has 0 spiro atoms. The first-order chi connectivity index (χ1) is 11.5. The highest BCUT2D eigenvalue weighted by molar-refractivity contribution is 7.19. The molecule has 0 aliphatic carbocycles. The van der Waals surface area contributed by atoms with Gasteiger partial charge in [-0.3, -0.25) is 19.6 Å². The zero-order valence-electron chi connectivity index (χ0n) is 13.7. The molecule has 3 rings (SSSR count). The van der Waals surface area contributed by atoms with Gasteiger partial charge in [0, 0.05) is 45.2 Å². The summed E-state index contributed by atoms with van der Waals surface area (Å²) < 4.78 is 0. The highest BCUT2D eigenvalue weighted by Gasteiger charge is 2.24. The van der Waals surface area contributed by atoms with Crippen molar-refractivity contribution in [2.45, 2.75) is 32.6 Å². The van der Waals surface area contributed by atoms with E-state index in [0.717, 1.165) is 35.7 Å². The molecule has 1 saturated heterocycles. The number of nitrogens with zero attached hydrogens (tertiary/aromatic N) is 4. The Morgan fingerprint density at radius 3 is 2.71 bits per heavy atom. The van der Waals surface area contributed by atoms with E-state index in [4.69, 9.17) is 0 Å². The van der Waals surface area contributed by atoms with Crippen molar-refractivity contribution in [1.29, 1.82) is 0 Å². The van der Waals surface area contributed by atoms with Crippen molar-refractivity contribution in [3.63, 3.8) is 0 Å². The third-order valence-corrected chi connectivity index (χ3v) is 4.93. The number of thiazole rings is 1. The van der Waals surface area contributed by atoms with E-state index in [1.165, 1.54) is 18.3 Å². The molecular formula is C16H19N5O2S. The van der Waals surface area contributed by atoms with Gasteiger partial charge in [-0.25, -0.2) is 4.98 Å². The van der Waals surface area contributed by atoms with Gasteiger partial charge in [0.05, 0.1) is 16.8 Å². The predicted molar refractivity (Wildman–Crippen MR) is 91.7 cm³/mol. The van der Waals surface area contributed by atoms with Gasteiger partial charge in [-0.05, 0) is 12.8 Å². The van der Waals surface area contributed by atoms with Crippen LogP contribution in [0.15, 0.2) is 18.6 Å². The van der Waals surface area contributed by atoms with E-state index < -0.39 is 0 Å². The fourth-order valence-corrected chi connectivity index (χ4v) is 3.61. The molecule has 1 unspecified atom stereocenters. The summed E-state index contributed by atoms with van der Waals surface area (Å²) in [6.07, 6.45) is 7.19. The summed E-state index contributed by atoms with van der Waals surface area (Å²) in [5, 5.41) is 3.21. The molecule has 8 heteroatoms. The molecule has 0 bridgehead atoms. The Labute approximate surface area is 144 Å². The summed E-state index contributed by atoms with van der Waals surface area (Å²) in [7, 11) is 0.